The van der Waals surface area contributed by atoms with Crippen LogP contribution in [-0.2, 0) is 4.79 Å². The molecule has 0 bridgehead atoms. The molecule has 28 heavy (non-hydrogen) atoms. The molecule has 0 saturated carbocycles. The van der Waals surface area contributed by atoms with E-state index in [-0.39, 0.29) is 22.8 Å². The minimum Gasteiger partial charge on any atom is -0.494 e. The van der Waals surface area contributed by atoms with Gasteiger partial charge in [-0.3, -0.25) is 19.3 Å². The van der Waals surface area contributed by atoms with Gasteiger partial charge in [0.25, 0.3) is 11.8 Å². The quantitative estimate of drug-likeness (QED) is 0.584. The van der Waals surface area contributed by atoms with Crippen LogP contribution < -0.4 is 9.47 Å². The summed E-state index contributed by atoms with van der Waals surface area (Å²) in [5.74, 6) is -2.40. The molecule has 1 atom stereocenters. The summed E-state index contributed by atoms with van der Waals surface area (Å²) in [6.07, 6.45) is -0.909. The van der Waals surface area contributed by atoms with Crippen LogP contribution in [0.3, 0.4) is 0 Å². The van der Waals surface area contributed by atoms with Crippen molar-refractivity contribution in [2.24, 2.45) is 5.92 Å². The number of para-hydroxylation sites is 1. The lowest BCUT2D eigenvalue weighted by atomic mass is 10.0. The predicted molar refractivity (Wildman–Crippen MR) is 99.0 cm³/mol. The molecule has 0 N–H and O–H groups in total. The minimum atomic E-state index is -0.909. The summed E-state index contributed by atoms with van der Waals surface area (Å²) in [4.78, 5) is 39.4. The van der Waals surface area contributed by atoms with Crippen LogP contribution in [0.15, 0.2) is 42.5 Å². The van der Waals surface area contributed by atoms with Gasteiger partial charge in [0.2, 0.25) is 0 Å². The van der Waals surface area contributed by atoms with Crippen molar-refractivity contribution in [1.29, 1.82) is 0 Å². The van der Waals surface area contributed by atoms with Crippen molar-refractivity contribution in [3.8, 4) is 11.5 Å². The molecule has 0 fully saturated rings. The van der Waals surface area contributed by atoms with Crippen molar-refractivity contribution in [2.75, 3.05) is 13.7 Å². The van der Waals surface area contributed by atoms with Gasteiger partial charge in [-0.05, 0) is 36.2 Å². The number of halogens is 1. The number of ether oxygens (including phenoxy) is 2. The number of rotatable bonds is 5. The van der Waals surface area contributed by atoms with Gasteiger partial charge in [-0.2, -0.15) is 0 Å². The molecular weight excluding hydrogens is 365 g/mol. The zero-order valence-electron chi connectivity index (χ0n) is 15.8. The SMILES string of the molecule is COc1ccc(C(=O)CN2C(=O)c3ccccc3OC(C(C)C)C2=O)cc1F. The molecule has 1 unspecified atom stereocenters. The summed E-state index contributed by atoms with van der Waals surface area (Å²) in [7, 11) is 1.32. The van der Waals surface area contributed by atoms with E-state index in [0.717, 1.165) is 11.0 Å². The third-order valence-electron chi connectivity index (χ3n) is 4.51. The van der Waals surface area contributed by atoms with Gasteiger partial charge in [-0.25, -0.2) is 4.39 Å². The van der Waals surface area contributed by atoms with E-state index in [4.69, 9.17) is 9.47 Å². The number of hydrogen-bond donors (Lipinski definition) is 0. The summed E-state index contributed by atoms with van der Waals surface area (Å²) in [5.41, 5.74) is 0.242. The van der Waals surface area contributed by atoms with E-state index >= 15 is 0 Å². The van der Waals surface area contributed by atoms with Crippen LogP contribution in [0.1, 0.15) is 34.6 Å². The highest BCUT2D eigenvalue weighted by Crippen LogP contribution is 2.28. The number of carbonyl (C=O) groups excluding carboxylic acids is 3. The first-order chi connectivity index (χ1) is 13.3. The number of amides is 2. The Labute approximate surface area is 161 Å². The van der Waals surface area contributed by atoms with Gasteiger partial charge in [0.1, 0.15) is 5.75 Å². The third-order valence-corrected chi connectivity index (χ3v) is 4.51. The number of imide groups is 1. The Balaban J connectivity index is 1.94. The second kappa shape index (κ2) is 7.80. The maximum Gasteiger partial charge on any atom is 0.271 e. The Morgan fingerprint density at radius 2 is 1.93 bits per heavy atom. The van der Waals surface area contributed by atoms with Crippen LogP contribution >= 0.6 is 0 Å². The number of nitrogens with zero attached hydrogens (tertiary/aromatic N) is 1. The standard InChI is InChI=1S/C21H20FNO5/c1-12(2)19-21(26)23(20(25)14-6-4-5-7-17(14)28-19)11-16(24)13-8-9-18(27-3)15(22)10-13/h4-10,12,19H,11H2,1-3H3. The monoisotopic (exact) mass is 385 g/mol. The summed E-state index contributed by atoms with van der Waals surface area (Å²) in [6, 6.07) is 10.2. The van der Waals surface area contributed by atoms with Crippen molar-refractivity contribution in [3.05, 3.63) is 59.4 Å². The zero-order valence-corrected chi connectivity index (χ0v) is 15.8. The highest BCUT2D eigenvalue weighted by molar-refractivity contribution is 6.12. The lowest BCUT2D eigenvalue weighted by Crippen LogP contribution is -2.47. The molecule has 146 valence electrons. The van der Waals surface area contributed by atoms with Crippen LogP contribution in [0, 0.1) is 11.7 Å². The number of Topliss-reactive ketones (excluding diaryl/α,β-unsaturated/α-hetero) is 1. The van der Waals surface area contributed by atoms with Crippen molar-refractivity contribution in [1.82, 2.24) is 4.90 Å². The average Bonchev–Trinajstić information content (AvgIpc) is 2.78. The van der Waals surface area contributed by atoms with E-state index in [9.17, 15) is 18.8 Å². The van der Waals surface area contributed by atoms with Crippen molar-refractivity contribution in [2.45, 2.75) is 20.0 Å². The smallest absolute Gasteiger partial charge is 0.271 e. The van der Waals surface area contributed by atoms with Gasteiger partial charge in [0, 0.05) is 5.56 Å². The fraction of sp³-hybridized carbons (Fsp3) is 0.286. The first-order valence-electron chi connectivity index (χ1n) is 8.81. The van der Waals surface area contributed by atoms with Crippen molar-refractivity contribution >= 4 is 17.6 Å². The van der Waals surface area contributed by atoms with Crippen molar-refractivity contribution in [3.63, 3.8) is 0 Å². The van der Waals surface area contributed by atoms with Crippen LogP contribution in [0.2, 0.25) is 0 Å². The summed E-state index contributed by atoms with van der Waals surface area (Å²) >= 11 is 0. The number of methoxy groups -OCH3 is 1. The number of fused-ring (bicyclic) bond motifs is 1. The van der Waals surface area contributed by atoms with Crippen LogP contribution in [0.5, 0.6) is 11.5 Å². The molecule has 0 spiro atoms. The Bertz CT molecular complexity index is 940. The topological polar surface area (TPSA) is 72.9 Å². The molecule has 6 nitrogen and oxygen atoms in total. The highest BCUT2D eigenvalue weighted by Gasteiger charge is 2.38. The molecule has 3 rings (SSSR count). The maximum absolute atomic E-state index is 13.9. The van der Waals surface area contributed by atoms with E-state index in [0.29, 0.717) is 5.75 Å². The van der Waals surface area contributed by atoms with E-state index in [1.54, 1.807) is 32.0 Å². The molecular formula is C21H20FNO5. The average molecular weight is 385 g/mol. The van der Waals surface area contributed by atoms with Gasteiger partial charge >= 0.3 is 0 Å². The predicted octanol–water partition coefficient (Wildman–Crippen LogP) is 3.10. The highest BCUT2D eigenvalue weighted by atomic mass is 19.1. The van der Waals surface area contributed by atoms with Gasteiger partial charge in [-0.15, -0.1) is 0 Å². The Hall–Kier alpha value is -3.22. The van der Waals surface area contributed by atoms with Gasteiger partial charge < -0.3 is 9.47 Å². The van der Waals surface area contributed by atoms with Crippen LogP contribution in [-0.4, -0.2) is 42.3 Å². The van der Waals surface area contributed by atoms with E-state index < -0.39 is 36.1 Å². The fourth-order valence-electron chi connectivity index (χ4n) is 2.98. The lowest BCUT2D eigenvalue weighted by Gasteiger charge is -2.24. The van der Waals surface area contributed by atoms with E-state index in [1.807, 2.05) is 0 Å². The lowest BCUT2D eigenvalue weighted by molar-refractivity contribution is -0.136. The Kier molecular flexibility index (Phi) is 5.44. The Morgan fingerprint density at radius 1 is 1.21 bits per heavy atom. The fourth-order valence-corrected chi connectivity index (χ4v) is 2.98. The van der Waals surface area contributed by atoms with E-state index in [1.165, 1.54) is 25.3 Å². The van der Waals surface area contributed by atoms with Gasteiger partial charge in [0.15, 0.2) is 23.5 Å². The molecule has 1 aliphatic rings. The number of carbonyl (C=O) groups is 3. The number of ketones is 1. The van der Waals surface area contributed by atoms with Crippen LogP contribution in [0.25, 0.3) is 0 Å². The van der Waals surface area contributed by atoms with Crippen molar-refractivity contribution < 1.29 is 28.2 Å². The van der Waals surface area contributed by atoms with E-state index in [2.05, 4.69) is 0 Å². The first kappa shape index (κ1) is 19.5. The van der Waals surface area contributed by atoms with Gasteiger partial charge in [-0.1, -0.05) is 26.0 Å². The molecule has 1 aliphatic heterocycles. The molecule has 2 amide bonds. The van der Waals surface area contributed by atoms with Crippen LogP contribution in [0.4, 0.5) is 4.39 Å². The molecule has 0 aliphatic carbocycles. The molecule has 1 heterocycles. The second-order valence-electron chi connectivity index (χ2n) is 6.78. The molecule has 0 saturated heterocycles. The maximum atomic E-state index is 13.9. The molecule has 7 heteroatoms. The summed E-state index contributed by atoms with van der Waals surface area (Å²) in [5, 5.41) is 0. The number of benzene rings is 2. The largest absolute Gasteiger partial charge is 0.494 e. The van der Waals surface area contributed by atoms with Gasteiger partial charge in [0.05, 0.1) is 19.2 Å². The summed E-state index contributed by atoms with van der Waals surface area (Å²) in [6.45, 7) is 3.07. The summed E-state index contributed by atoms with van der Waals surface area (Å²) < 4.78 is 24.5. The second-order valence-corrected chi connectivity index (χ2v) is 6.78. The molecule has 2 aromatic carbocycles. The zero-order chi connectivity index (χ0) is 20.4. The molecule has 2 aromatic rings. The molecule has 0 radical (unpaired) electrons. The molecule has 0 aromatic heterocycles. The minimum absolute atomic E-state index is 0.000624. The number of hydrogen-bond acceptors (Lipinski definition) is 5. The normalized spacial score (nSPS) is 16.5. The third kappa shape index (κ3) is 3.60. The Morgan fingerprint density at radius 3 is 2.57 bits per heavy atom. The first-order valence-corrected chi connectivity index (χ1v) is 8.81.